The summed E-state index contributed by atoms with van der Waals surface area (Å²) < 4.78 is 15.4. The third-order valence-electron chi connectivity index (χ3n) is 7.49. The maximum Gasteiger partial charge on any atom is 0.309 e. The number of fused-ring (bicyclic) bond motifs is 1. The second kappa shape index (κ2) is 13.8. The van der Waals surface area contributed by atoms with Gasteiger partial charge in [0.05, 0.1) is 22.7 Å². The predicted octanol–water partition coefficient (Wildman–Crippen LogP) is 9.80. The molecular weight excluding hydrogens is 730 g/mol. The van der Waals surface area contributed by atoms with E-state index in [4.69, 9.17) is 9.47 Å². The molecule has 0 saturated heterocycles. The summed E-state index contributed by atoms with van der Waals surface area (Å²) in [5, 5.41) is 11.2. The van der Waals surface area contributed by atoms with Gasteiger partial charge in [0, 0.05) is 61.6 Å². The molecular formula is C36H37Br2N3O4S. The molecule has 0 radical (unpaired) electrons. The monoisotopic (exact) mass is 765 g/mol. The number of carboxylic acids is 1. The number of carbonyl (C=O) groups is 1. The number of ether oxygens (including phenoxy) is 2. The first kappa shape index (κ1) is 34.0. The number of aromatic nitrogens is 3. The second-order valence-electron chi connectivity index (χ2n) is 12.8. The van der Waals surface area contributed by atoms with E-state index in [2.05, 4.69) is 104 Å². The molecule has 0 amide bonds. The van der Waals surface area contributed by atoms with Crippen LogP contribution in [0.4, 0.5) is 0 Å². The fraction of sp³-hybridized carbons (Fsp3) is 0.306. The van der Waals surface area contributed by atoms with Crippen molar-refractivity contribution >= 4 is 60.5 Å². The van der Waals surface area contributed by atoms with Crippen LogP contribution < -0.4 is 9.47 Å². The van der Waals surface area contributed by atoms with Gasteiger partial charge in [-0.1, -0.05) is 45.0 Å². The van der Waals surface area contributed by atoms with Gasteiger partial charge in [0.2, 0.25) is 5.88 Å². The van der Waals surface area contributed by atoms with E-state index in [1.165, 1.54) is 0 Å². The lowest BCUT2D eigenvalue weighted by Crippen LogP contribution is -2.28. The Hall–Kier alpha value is -3.34. The van der Waals surface area contributed by atoms with Crippen molar-refractivity contribution in [2.45, 2.75) is 63.8 Å². The Morgan fingerprint density at radius 1 is 0.935 bits per heavy atom. The number of halogens is 2. The van der Waals surface area contributed by atoms with Crippen molar-refractivity contribution in [2.75, 3.05) is 7.11 Å². The summed E-state index contributed by atoms with van der Waals surface area (Å²) in [5.74, 6) is 0.447. The van der Waals surface area contributed by atoms with E-state index in [0.717, 1.165) is 58.6 Å². The van der Waals surface area contributed by atoms with Crippen LogP contribution in [0.3, 0.4) is 0 Å². The predicted molar refractivity (Wildman–Crippen MR) is 192 cm³/mol. The maximum atomic E-state index is 12.4. The van der Waals surface area contributed by atoms with Crippen LogP contribution in [0.1, 0.15) is 51.6 Å². The van der Waals surface area contributed by atoms with Crippen LogP contribution in [-0.4, -0.2) is 37.5 Å². The van der Waals surface area contributed by atoms with Gasteiger partial charge < -0.3 is 19.1 Å². The topological polar surface area (TPSA) is 86.5 Å². The molecule has 0 aliphatic rings. The minimum Gasteiger partial charge on any atom is -0.487 e. The Labute approximate surface area is 291 Å². The Balaban J connectivity index is 1.56. The van der Waals surface area contributed by atoms with Gasteiger partial charge in [-0.15, -0.1) is 11.8 Å². The zero-order valence-corrected chi connectivity index (χ0v) is 30.7. The summed E-state index contributed by atoms with van der Waals surface area (Å²) >= 11 is 8.72. The normalized spacial score (nSPS) is 12.0. The summed E-state index contributed by atoms with van der Waals surface area (Å²) in [6.45, 7) is 11.0. The summed E-state index contributed by atoms with van der Waals surface area (Å²) in [6.07, 6.45) is 3.93. The molecule has 7 nitrogen and oxygen atoms in total. The number of hydrogen-bond acceptors (Lipinski definition) is 6. The summed E-state index contributed by atoms with van der Waals surface area (Å²) in [6, 6.07) is 20.4. The van der Waals surface area contributed by atoms with Gasteiger partial charge in [-0.3, -0.25) is 9.78 Å². The zero-order chi connectivity index (χ0) is 33.2. The largest absolute Gasteiger partial charge is 0.487 e. The number of benzene rings is 2. The van der Waals surface area contributed by atoms with E-state index in [1.54, 1.807) is 45.1 Å². The molecule has 5 rings (SSSR count). The Kier molecular flexibility index (Phi) is 10.2. The number of hydrogen-bond donors (Lipinski definition) is 1. The lowest BCUT2D eigenvalue weighted by atomic mass is 9.88. The van der Waals surface area contributed by atoms with E-state index in [1.807, 2.05) is 24.3 Å². The fourth-order valence-electron chi connectivity index (χ4n) is 5.08. The number of rotatable bonds is 11. The van der Waals surface area contributed by atoms with Crippen molar-refractivity contribution in [2.24, 2.45) is 5.41 Å². The minimum atomic E-state index is -0.968. The summed E-state index contributed by atoms with van der Waals surface area (Å²) in [5.41, 5.74) is 5.01. The van der Waals surface area contributed by atoms with Gasteiger partial charge >= 0.3 is 5.97 Å². The van der Waals surface area contributed by atoms with Crippen LogP contribution in [0.5, 0.6) is 11.6 Å². The highest BCUT2D eigenvalue weighted by Gasteiger charge is 2.33. The third-order valence-corrected chi connectivity index (χ3v) is 9.80. The first-order chi connectivity index (χ1) is 21.7. The molecule has 0 bridgehead atoms. The molecule has 0 aliphatic carbocycles. The quantitative estimate of drug-likeness (QED) is 0.134. The second-order valence-corrected chi connectivity index (χ2v) is 16.4. The van der Waals surface area contributed by atoms with E-state index in [-0.39, 0.29) is 4.75 Å². The van der Waals surface area contributed by atoms with Gasteiger partial charge in [0.1, 0.15) is 12.4 Å². The van der Waals surface area contributed by atoms with Gasteiger partial charge in [-0.05, 0) is 93.2 Å². The average molecular weight is 768 g/mol. The van der Waals surface area contributed by atoms with Crippen molar-refractivity contribution < 1.29 is 19.4 Å². The van der Waals surface area contributed by atoms with Crippen LogP contribution in [0, 0.1) is 5.41 Å². The van der Waals surface area contributed by atoms with Crippen LogP contribution in [0.25, 0.3) is 22.0 Å². The number of methoxy groups -OCH3 is 1. The molecule has 0 atom stereocenters. The molecule has 0 fully saturated rings. The van der Waals surface area contributed by atoms with E-state index in [0.29, 0.717) is 25.5 Å². The van der Waals surface area contributed by atoms with E-state index < -0.39 is 11.4 Å². The van der Waals surface area contributed by atoms with Gasteiger partial charge in [0.25, 0.3) is 0 Å². The van der Waals surface area contributed by atoms with Gasteiger partial charge in [0.15, 0.2) is 0 Å². The lowest BCUT2D eigenvalue weighted by Gasteiger charge is -2.24. The zero-order valence-electron chi connectivity index (χ0n) is 26.7. The molecule has 3 heterocycles. The number of thioether (sulfide) groups is 1. The molecule has 0 spiro atoms. The Morgan fingerprint density at radius 3 is 2.28 bits per heavy atom. The van der Waals surface area contributed by atoms with E-state index >= 15 is 0 Å². The number of carboxylic acid groups (broad SMARTS) is 1. The SMILES string of the molecule is COc1ncc(-c2ccc(Cn3c(CC(C)(C)C(=O)O)c(SC(C)(C)C)c4cc(OCc5ccc(Br)cn5)ccc43)cc2)cc1Br. The van der Waals surface area contributed by atoms with E-state index in [9.17, 15) is 9.90 Å². The fourth-order valence-corrected chi connectivity index (χ4v) is 7.02. The number of aliphatic carboxylic acids is 1. The van der Waals surface area contributed by atoms with Gasteiger partial charge in [-0.25, -0.2) is 4.98 Å². The molecule has 46 heavy (non-hydrogen) atoms. The average Bonchev–Trinajstić information content (AvgIpc) is 3.26. The van der Waals surface area contributed by atoms with Crippen LogP contribution in [0.2, 0.25) is 0 Å². The molecule has 2 aromatic carbocycles. The number of nitrogens with zero attached hydrogens (tertiary/aromatic N) is 3. The first-order valence-corrected chi connectivity index (χ1v) is 17.2. The van der Waals surface area contributed by atoms with Crippen LogP contribution in [-0.2, 0) is 24.4 Å². The first-order valence-electron chi connectivity index (χ1n) is 14.8. The maximum absolute atomic E-state index is 12.4. The van der Waals surface area contributed by atoms with Crippen molar-refractivity contribution in [1.29, 1.82) is 0 Å². The van der Waals surface area contributed by atoms with Crippen molar-refractivity contribution in [3.63, 3.8) is 0 Å². The highest BCUT2D eigenvalue weighted by atomic mass is 79.9. The molecule has 0 saturated carbocycles. The third kappa shape index (κ3) is 7.96. The van der Waals surface area contributed by atoms with Crippen molar-refractivity contribution in [1.82, 2.24) is 14.5 Å². The Bertz CT molecular complexity index is 1860. The van der Waals surface area contributed by atoms with Crippen molar-refractivity contribution in [3.05, 3.63) is 99.0 Å². The summed E-state index contributed by atoms with van der Waals surface area (Å²) in [7, 11) is 1.60. The van der Waals surface area contributed by atoms with Crippen LogP contribution >= 0.6 is 43.6 Å². The summed E-state index contributed by atoms with van der Waals surface area (Å²) in [4.78, 5) is 22.3. The number of pyridine rings is 2. The standard InChI is InChI=1S/C36H37Br2N3O4S/c1-35(2,3)46-32-28-16-27(45-21-26-12-11-25(37)19-39-26)13-14-30(28)41(31(32)17-36(4,5)34(42)43)20-22-7-9-23(10-8-22)24-15-29(38)33(44-6)40-18-24/h7-16,18-19H,17,20-21H2,1-6H3,(H,42,43). The smallest absolute Gasteiger partial charge is 0.309 e. The van der Waals surface area contributed by atoms with Crippen molar-refractivity contribution in [3.8, 4) is 22.8 Å². The minimum absolute atomic E-state index is 0.109. The molecule has 0 unspecified atom stereocenters. The molecule has 1 N–H and O–H groups in total. The lowest BCUT2D eigenvalue weighted by molar-refractivity contribution is -0.146. The van der Waals surface area contributed by atoms with Crippen LogP contribution in [0.15, 0.2) is 86.9 Å². The molecule has 0 aliphatic heterocycles. The molecule has 10 heteroatoms. The van der Waals surface area contributed by atoms with Gasteiger partial charge in [-0.2, -0.15) is 0 Å². The highest BCUT2D eigenvalue weighted by molar-refractivity contribution is 9.10. The Morgan fingerprint density at radius 2 is 1.67 bits per heavy atom. The molecule has 3 aromatic heterocycles. The highest BCUT2D eigenvalue weighted by Crippen LogP contribution is 2.44. The molecule has 240 valence electrons. The molecule has 5 aromatic rings.